The van der Waals surface area contributed by atoms with Crippen LogP contribution in [0.25, 0.3) is 0 Å². The first-order valence-corrected chi connectivity index (χ1v) is 6.49. The Balaban J connectivity index is 2.26. The van der Waals surface area contributed by atoms with Crippen LogP contribution in [0, 0.1) is 0 Å². The lowest BCUT2D eigenvalue weighted by Gasteiger charge is -2.27. The predicted octanol–water partition coefficient (Wildman–Crippen LogP) is 2.60. The molecule has 0 saturated heterocycles. The molecule has 4 heteroatoms. The summed E-state index contributed by atoms with van der Waals surface area (Å²) >= 11 is 0. The molecule has 1 saturated carbocycles. The van der Waals surface area contributed by atoms with E-state index in [0.29, 0.717) is 6.42 Å². The monoisotopic (exact) mass is 242 g/mol. The molecule has 0 aromatic carbocycles. The molecule has 1 rings (SSSR count). The minimum atomic E-state index is -0.274. The lowest BCUT2D eigenvalue weighted by Crippen LogP contribution is -2.31. The molecule has 1 fully saturated rings. The summed E-state index contributed by atoms with van der Waals surface area (Å²) < 4.78 is 10.4. The van der Waals surface area contributed by atoms with E-state index in [4.69, 9.17) is 9.47 Å². The molecule has 0 spiro atoms. The van der Waals surface area contributed by atoms with Crippen LogP contribution in [-0.2, 0) is 19.1 Å². The van der Waals surface area contributed by atoms with Gasteiger partial charge in [-0.25, -0.2) is 0 Å². The summed E-state index contributed by atoms with van der Waals surface area (Å²) in [5.41, 5.74) is -0.244. The van der Waals surface area contributed by atoms with Crippen molar-refractivity contribution in [3.05, 3.63) is 0 Å². The smallest absolute Gasteiger partial charge is 0.309 e. The SMILES string of the molecule is CCC(=O)OCCC(=O)OC1(CC)CCCC1. The molecular weight excluding hydrogens is 220 g/mol. The first kappa shape index (κ1) is 14.0. The van der Waals surface area contributed by atoms with Gasteiger partial charge in [0.05, 0.1) is 6.42 Å². The molecule has 17 heavy (non-hydrogen) atoms. The molecule has 0 unspecified atom stereocenters. The number of rotatable bonds is 6. The van der Waals surface area contributed by atoms with Crippen molar-refractivity contribution in [3.8, 4) is 0 Å². The van der Waals surface area contributed by atoms with Crippen LogP contribution >= 0.6 is 0 Å². The van der Waals surface area contributed by atoms with E-state index < -0.39 is 0 Å². The van der Waals surface area contributed by atoms with Crippen molar-refractivity contribution in [3.63, 3.8) is 0 Å². The van der Waals surface area contributed by atoms with Crippen LogP contribution < -0.4 is 0 Å². The Labute approximate surface area is 103 Å². The third-order valence-corrected chi connectivity index (χ3v) is 3.35. The van der Waals surface area contributed by atoms with Gasteiger partial charge in [0.1, 0.15) is 12.2 Å². The molecule has 0 aromatic rings. The van der Waals surface area contributed by atoms with Gasteiger partial charge >= 0.3 is 11.9 Å². The minimum Gasteiger partial charge on any atom is -0.465 e. The van der Waals surface area contributed by atoms with Crippen molar-refractivity contribution in [1.29, 1.82) is 0 Å². The lowest BCUT2D eigenvalue weighted by molar-refractivity contribution is -0.161. The van der Waals surface area contributed by atoms with Crippen LogP contribution in [0.15, 0.2) is 0 Å². The highest BCUT2D eigenvalue weighted by atomic mass is 16.6. The fourth-order valence-corrected chi connectivity index (χ4v) is 2.19. The van der Waals surface area contributed by atoms with Crippen molar-refractivity contribution >= 4 is 11.9 Å². The van der Waals surface area contributed by atoms with E-state index in [1.807, 2.05) is 0 Å². The second-order valence-corrected chi connectivity index (χ2v) is 4.54. The highest BCUT2D eigenvalue weighted by Gasteiger charge is 2.35. The number of ether oxygens (including phenoxy) is 2. The van der Waals surface area contributed by atoms with Gasteiger partial charge in [-0.2, -0.15) is 0 Å². The molecule has 0 bridgehead atoms. The maximum absolute atomic E-state index is 11.6. The standard InChI is InChI=1S/C13H22O4/c1-3-11(14)16-10-7-12(15)17-13(4-2)8-5-6-9-13/h3-10H2,1-2H3. The highest BCUT2D eigenvalue weighted by Crippen LogP contribution is 2.36. The summed E-state index contributed by atoms with van der Waals surface area (Å²) in [6.45, 7) is 3.91. The first-order chi connectivity index (χ1) is 8.12. The zero-order valence-electron chi connectivity index (χ0n) is 10.8. The second-order valence-electron chi connectivity index (χ2n) is 4.54. The predicted molar refractivity (Wildman–Crippen MR) is 63.4 cm³/mol. The summed E-state index contributed by atoms with van der Waals surface area (Å²) in [6, 6.07) is 0. The summed E-state index contributed by atoms with van der Waals surface area (Å²) in [6.07, 6.45) is 5.56. The summed E-state index contributed by atoms with van der Waals surface area (Å²) in [4.78, 5) is 22.5. The van der Waals surface area contributed by atoms with Gasteiger partial charge in [-0.3, -0.25) is 9.59 Å². The van der Waals surface area contributed by atoms with E-state index in [9.17, 15) is 9.59 Å². The average molecular weight is 242 g/mol. The average Bonchev–Trinajstić information content (AvgIpc) is 2.78. The molecule has 0 N–H and O–H groups in total. The zero-order chi connectivity index (χ0) is 12.7. The van der Waals surface area contributed by atoms with E-state index in [2.05, 4.69) is 6.92 Å². The van der Waals surface area contributed by atoms with Crippen LogP contribution in [0.4, 0.5) is 0 Å². The Hall–Kier alpha value is -1.06. The molecule has 0 heterocycles. The zero-order valence-corrected chi connectivity index (χ0v) is 10.8. The van der Waals surface area contributed by atoms with Gasteiger partial charge in [-0.1, -0.05) is 13.8 Å². The molecule has 0 aromatic heterocycles. The number of hydrogen-bond acceptors (Lipinski definition) is 4. The number of hydrogen-bond donors (Lipinski definition) is 0. The van der Waals surface area contributed by atoms with E-state index in [0.717, 1.165) is 32.1 Å². The van der Waals surface area contributed by atoms with Gasteiger partial charge in [0.25, 0.3) is 0 Å². The summed E-state index contributed by atoms with van der Waals surface area (Å²) in [5.74, 6) is -0.526. The van der Waals surface area contributed by atoms with E-state index in [1.54, 1.807) is 6.92 Å². The molecular formula is C13H22O4. The second kappa shape index (κ2) is 6.62. The van der Waals surface area contributed by atoms with Gasteiger partial charge in [0.2, 0.25) is 0 Å². The van der Waals surface area contributed by atoms with Crippen LogP contribution in [0.2, 0.25) is 0 Å². The Bertz CT molecular complexity index is 267. The Morgan fingerprint density at radius 3 is 2.29 bits per heavy atom. The van der Waals surface area contributed by atoms with Gasteiger partial charge < -0.3 is 9.47 Å². The number of carbonyl (C=O) groups is 2. The maximum atomic E-state index is 11.6. The lowest BCUT2D eigenvalue weighted by atomic mass is 9.99. The van der Waals surface area contributed by atoms with Crippen molar-refractivity contribution < 1.29 is 19.1 Å². The third-order valence-electron chi connectivity index (χ3n) is 3.35. The van der Waals surface area contributed by atoms with E-state index in [1.165, 1.54) is 0 Å². The first-order valence-electron chi connectivity index (χ1n) is 6.49. The fourth-order valence-electron chi connectivity index (χ4n) is 2.19. The van der Waals surface area contributed by atoms with Gasteiger partial charge in [0, 0.05) is 6.42 Å². The normalized spacial score (nSPS) is 17.8. The van der Waals surface area contributed by atoms with E-state index in [-0.39, 0.29) is 30.6 Å². The molecule has 0 aliphatic heterocycles. The molecule has 1 aliphatic rings. The van der Waals surface area contributed by atoms with Crippen LogP contribution in [0.3, 0.4) is 0 Å². The van der Waals surface area contributed by atoms with Gasteiger partial charge in [0.15, 0.2) is 0 Å². The molecule has 1 aliphatic carbocycles. The largest absolute Gasteiger partial charge is 0.465 e. The van der Waals surface area contributed by atoms with Crippen molar-refractivity contribution in [1.82, 2.24) is 0 Å². The van der Waals surface area contributed by atoms with Gasteiger partial charge in [-0.05, 0) is 32.1 Å². The van der Waals surface area contributed by atoms with Gasteiger partial charge in [-0.15, -0.1) is 0 Å². The Morgan fingerprint density at radius 1 is 1.12 bits per heavy atom. The fraction of sp³-hybridized carbons (Fsp3) is 0.846. The maximum Gasteiger partial charge on any atom is 0.309 e. The quantitative estimate of drug-likeness (QED) is 0.672. The molecule has 0 radical (unpaired) electrons. The van der Waals surface area contributed by atoms with E-state index >= 15 is 0 Å². The van der Waals surface area contributed by atoms with Crippen molar-refractivity contribution in [2.75, 3.05) is 6.61 Å². The Kier molecular flexibility index (Phi) is 5.45. The van der Waals surface area contributed by atoms with Crippen molar-refractivity contribution in [2.45, 2.75) is 64.4 Å². The molecule has 4 nitrogen and oxygen atoms in total. The van der Waals surface area contributed by atoms with Crippen LogP contribution in [0.5, 0.6) is 0 Å². The third kappa shape index (κ3) is 4.36. The van der Waals surface area contributed by atoms with Crippen molar-refractivity contribution in [2.24, 2.45) is 0 Å². The summed E-state index contributed by atoms with van der Waals surface area (Å²) in [5, 5.41) is 0. The Morgan fingerprint density at radius 2 is 1.76 bits per heavy atom. The summed E-state index contributed by atoms with van der Waals surface area (Å²) in [7, 11) is 0. The highest BCUT2D eigenvalue weighted by molar-refractivity contribution is 5.72. The minimum absolute atomic E-state index is 0.130. The van der Waals surface area contributed by atoms with Crippen LogP contribution in [0.1, 0.15) is 58.8 Å². The number of carbonyl (C=O) groups excluding carboxylic acids is 2. The molecule has 98 valence electrons. The molecule has 0 atom stereocenters. The molecule has 0 amide bonds. The topological polar surface area (TPSA) is 52.6 Å². The number of esters is 2. The van der Waals surface area contributed by atoms with Crippen LogP contribution in [-0.4, -0.2) is 24.1 Å².